The molecular formula is C18H25NO4. The van der Waals surface area contributed by atoms with Gasteiger partial charge in [-0.25, -0.2) is 0 Å². The standard InChI is InChI=1S/C18H25NO4/c1-12-6-5-7-14(12)19-17(20)9-8-13-10-15(21-2)18(23-4)16(11-13)22-3/h8-12,14H,5-7H2,1-4H3,(H,19,20)/b9-8+. The highest BCUT2D eigenvalue weighted by Gasteiger charge is 2.23. The zero-order valence-electron chi connectivity index (χ0n) is 14.2. The fraction of sp³-hybridized carbons (Fsp3) is 0.500. The Bertz CT molecular complexity index is 557. The van der Waals surface area contributed by atoms with E-state index < -0.39 is 0 Å². The number of rotatable bonds is 6. The largest absolute Gasteiger partial charge is 0.493 e. The second kappa shape index (κ2) is 7.90. The van der Waals surface area contributed by atoms with Gasteiger partial charge in [-0.3, -0.25) is 4.79 Å². The lowest BCUT2D eigenvalue weighted by Gasteiger charge is -2.16. The van der Waals surface area contributed by atoms with Gasteiger partial charge in [0.1, 0.15) is 0 Å². The number of ether oxygens (including phenoxy) is 3. The molecule has 0 spiro atoms. The van der Waals surface area contributed by atoms with Gasteiger partial charge in [0.2, 0.25) is 11.7 Å². The quantitative estimate of drug-likeness (QED) is 0.819. The third-order valence-corrected chi connectivity index (χ3v) is 4.30. The van der Waals surface area contributed by atoms with Gasteiger partial charge in [0.15, 0.2) is 11.5 Å². The molecule has 1 aromatic rings. The molecule has 1 N–H and O–H groups in total. The van der Waals surface area contributed by atoms with Crippen LogP contribution in [0.15, 0.2) is 18.2 Å². The van der Waals surface area contributed by atoms with E-state index in [1.54, 1.807) is 33.5 Å². The first-order valence-corrected chi connectivity index (χ1v) is 7.87. The van der Waals surface area contributed by atoms with Crippen LogP contribution in [0.5, 0.6) is 17.2 Å². The minimum absolute atomic E-state index is 0.0718. The molecule has 1 amide bonds. The molecule has 0 aliphatic heterocycles. The molecule has 1 aliphatic carbocycles. The summed E-state index contributed by atoms with van der Waals surface area (Å²) in [6.45, 7) is 2.18. The molecule has 2 rings (SSSR count). The van der Waals surface area contributed by atoms with E-state index in [-0.39, 0.29) is 11.9 Å². The van der Waals surface area contributed by atoms with Crippen LogP contribution < -0.4 is 19.5 Å². The van der Waals surface area contributed by atoms with E-state index in [0.717, 1.165) is 12.0 Å². The first kappa shape index (κ1) is 17.2. The molecule has 5 nitrogen and oxygen atoms in total. The Labute approximate surface area is 137 Å². The average Bonchev–Trinajstić information content (AvgIpc) is 2.96. The summed E-state index contributed by atoms with van der Waals surface area (Å²) < 4.78 is 15.9. The first-order chi connectivity index (χ1) is 11.1. The zero-order valence-corrected chi connectivity index (χ0v) is 14.2. The highest BCUT2D eigenvalue weighted by atomic mass is 16.5. The van der Waals surface area contributed by atoms with Crippen molar-refractivity contribution in [3.63, 3.8) is 0 Å². The maximum absolute atomic E-state index is 12.1. The molecule has 1 aromatic carbocycles. The highest BCUT2D eigenvalue weighted by Crippen LogP contribution is 2.38. The lowest BCUT2D eigenvalue weighted by molar-refractivity contribution is -0.117. The van der Waals surface area contributed by atoms with Crippen LogP contribution in [0, 0.1) is 5.92 Å². The Kier molecular flexibility index (Phi) is 5.90. The second-order valence-electron chi connectivity index (χ2n) is 5.82. The summed E-state index contributed by atoms with van der Waals surface area (Å²) in [6.07, 6.45) is 6.72. The SMILES string of the molecule is COc1cc(/C=C/C(=O)NC2CCCC2C)cc(OC)c1OC. The lowest BCUT2D eigenvalue weighted by atomic mass is 10.1. The summed E-state index contributed by atoms with van der Waals surface area (Å²) >= 11 is 0. The highest BCUT2D eigenvalue weighted by molar-refractivity contribution is 5.92. The van der Waals surface area contributed by atoms with E-state index in [0.29, 0.717) is 23.2 Å². The van der Waals surface area contributed by atoms with Gasteiger partial charge in [-0.1, -0.05) is 13.3 Å². The van der Waals surface area contributed by atoms with Gasteiger partial charge < -0.3 is 19.5 Å². The smallest absolute Gasteiger partial charge is 0.244 e. The molecule has 1 aliphatic rings. The molecule has 0 saturated heterocycles. The van der Waals surface area contributed by atoms with Gasteiger partial charge in [-0.15, -0.1) is 0 Å². The van der Waals surface area contributed by atoms with E-state index in [2.05, 4.69) is 12.2 Å². The molecule has 0 bridgehead atoms. The Morgan fingerprint density at radius 2 is 1.78 bits per heavy atom. The molecule has 1 fully saturated rings. The van der Waals surface area contributed by atoms with Crippen molar-refractivity contribution in [2.24, 2.45) is 5.92 Å². The monoisotopic (exact) mass is 319 g/mol. The summed E-state index contributed by atoms with van der Waals surface area (Å²) in [6, 6.07) is 3.90. The van der Waals surface area contributed by atoms with Crippen LogP contribution in [-0.4, -0.2) is 33.3 Å². The third kappa shape index (κ3) is 4.18. The second-order valence-corrected chi connectivity index (χ2v) is 5.82. The van der Waals surface area contributed by atoms with E-state index in [1.165, 1.54) is 12.8 Å². The molecule has 0 aromatic heterocycles. The first-order valence-electron chi connectivity index (χ1n) is 7.87. The van der Waals surface area contributed by atoms with E-state index in [9.17, 15) is 4.79 Å². The van der Waals surface area contributed by atoms with Crippen molar-refractivity contribution in [1.82, 2.24) is 5.32 Å². The van der Waals surface area contributed by atoms with Crippen molar-refractivity contribution in [1.29, 1.82) is 0 Å². The summed E-state index contributed by atoms with van der Waals surface area (Å²) in [5.41, 5.74) is 0.814. The van der Waals surface area contributed by atoms with E-state index >= 15 is 0 Å². The number of methoxy groups -OCH3 is 3. The van der Waals surface area contributed by atoms with Gasteiger partial charge >= 0.3 is 0 Å². The number of amides is 1. The van der Waals surface area contributed by atoms with Crippen molar-refractivity contribution in [2.45, 2.75) is 32.2 Å². The average molecular weight is 319 g/mol. The van der Waals surface area contributed by atoms with Crippen LogP contribution >= 0.6 is 0 Å². The topological polar surface area (TPSA) is 56.8 Å². The normalized spacial score (nSPS) is 20.5. The van der Waals surface area contributed by atoms with E-state index in [1.807, 2.05) is 12.1 Å². The summed E-state index contributed by atoms with van der Waals surface area (Å²) in [4.78, 5) is 12.1. The zero-order chi connectivity index (χ0) is 16.8. The van der Waals surface area contributed by atoms with Crippen LogP contribution in [0.2, 0.25) is 0 Å². The predicted molar refractivity (Wildman–Crippen MR) is 90.1 cm³/mol. The van der Waals surface area contributed by atoms with Crippen molar-refractivity contribution in [3.8, 4) is 17.2 Å². The van der Waals surface area contributed by atoms with Gasteiger partial charge in [0.05, 0.1) is 21.3 Å². The number of carbonyl (C=O) groups excluding carboxylic acids is 1. The maximum atomic E-state index is 12.1. The van der Waals surface area contributed by atoms with Gasteiger partial charge in [0.25, 0.3) is 0 Å². The van der Waals surface area contributed by atoms with Crippen LogP contribution in [0.3, 0.4) is 0 Å². The summed E-state index contributed by atoms with van der Waals surface area (Å²) in [5.74, 6) is 2.15. The molecule has 5 heteroatoms. The molecule has 0 heterocycles. The number of hydrogen-bond acceptors (Lipinski definition) is 4. The molecule has 126 valence electrons. The Morgan fingerprint density at radius 3 is 2.26 bits per heavy atom. The Hall–Kier alpha value is -2.17. The third-order valence-electron chi connectivity index (χ3n) is 4.30. The number of hydrogen-bond donors (Lipinski definition) is 1. The maximum Gasteiger partial charge on any atom is 0.244 e. The van der Waals surface area contributed by atoms with Crippen LogP contribution in [0.25, 0.3) is 6.08 Å². The molecule has 0 radical (unpaired) electrons. The van der Waals surface area contributed by atoms with Crippen molar-refractivity contribution in [2.75, 3.05) is 21.3 Å². The van der Waals surface area contributed by atoms with Crippen molar-refractivity contribution >= 4 is 12.0 Å². The Balaban J connectivity index is 2.10. The minimum atomic E-state index is -0.0718. The van der Waals surface area contributed by atoms with Crippen molar-refractivity contribution in [3.05, 3.63) is 23.8 Å². The van der Waals surface area contributed by atoms with Crippen LogP contribution in [0.1, 0.15) is 31.7 Å². The lowest BCUT2D eigenvalue weighted by Crippen LogP contribution is -2.35. The molecule has 1 saturated carbocycles. The van der Waals surface area contributed by atoms with Crippen LogP contribution in [-0.2, 0) is 4.79 Å². The molecule has 2 unspecified atom stereocenters. The van der Waals surface area contributed by atoms with E-state index in [4.69, 9.17) is 14.2 Å². The van der Waals surface area contributed by atoms with Gasteiger partial charge in [0, 0.05) is 12.1 Å². The number of benzene rings is 1. The van der Waals surface area contributed by atoms with Crippen LogP contribution in [0.4, 0.5) is 0 Å². The fourth-order valence-corrected chi connectivity index (χ4v) is 2.96. The molecule has 23 heavy (non-hydrogen) atoms. The minimum Gasteiger partial charge on any atom is -0.493 e. The summed E-state index contributed by atoms with van der Waals surface area (Å²) in [5, 5.41) is 3.07. The summed E-state index contributed by atoms with van der Waals surface area (Å²) in [7, 11) is 4.70. The van der Waals surface area contributed by atoms with Gasteiger partial charge in [-0.2, -0.15) is 0 Å². The fourth-order valence-electron chi connectivity index (χ4n) is 2.96. The molecular weight excluding hydrogens is 294 g/mol. The predicted octanol–water partition coefficient (Wildman–Crippen LogP) is 3.03. The Morgan fingerprint density at radius 1 is 1.13 bits per heavy atom. The van der Waals surface area contributed by atoms with Gasteiger partial charge in [-0.05, 0) is 42.5 Å². The molecule has 2 atom stereocenters. The van der Waals surface area contributed by atoms with Crippen molar-refractivity contribution < 1.29 is 19.0 Å². The number of nitrogens with one attached hydrogen (secondary N) is 1. The number of carbonyl (C=O) groups is 1.